The second-order valence-corrected chi connectivity index (χ2v) is 3.34. The Labute approximate surface area is 82.7 Å². The first-order valence-corrected chi connectivity index (χ1v) is 4.62. The van der Waals surface area contributed by atoms with Gasteiger partial charge in [0.2, 0.25) is 0 Å². The van der Waals surface area contributed by atoms with Crippen LogP contribution in [0.5, 0.6) is 0 Å². The second kappa shape index (κ2) is 5.85. The number of rotatable bonds is 5. The molecule has 0 radical (unpaired) electrons. The first kappa shape index (κ1) is 12.3. The number of ether oxygens (including phenoxy) is 1. The lowest BCUT2D eigenvalue weighted by molar-refractivity contribution is -0.152. The van der Waals surface area contributed by atoms with E-state index in [1.807, 2.05) is 0 Å². The molecule has 0 saturated carbocycles. The number of thiol groups is 1. The van der Waals surface area contributed by atoms with Crippen LogP contribution in [0, 0.1) is 5.92 Å². The van der Waals surface area contributed by atoms with E-state index in [0.29, 0.717) is 0 Å². The number of carbonyl (C=O) groups excluding carboxylic acids is 1. The lowest BCUT2D eigenvalue weighted by Gasteiger charge is -2.18. The minimum atomic E-state index is -0.967. The van der Waals surface area contributed by atoms with Crippen molar-refractivity contribution in [3.8, 4) is 0 Å². The molecule has 0 fully saturated rings. The molecule has 0 aliphatic carbocycles. The summed E-state index contributed by atoms with van der Waals surface area (Å²) in [5.41, 5.74) is 0. The van der Waals surface area contributed by atoms with E-state index >= 15 is 0 Å². The van der Waals surface area contributed by atoms with Crippen LogP contribution in [-0.2, 0) is 14.3 Å². The highest BCUT2D eigenvalue weighted by atomic mass is 32.1. The summed E-state index contributed by atoms with van der Waals surface area (Å²) in [6.45, 7) is 3.61. The first-order chi connectivity index (χ1) is 5.97. The Balaban J connectivity index is 4.09. The molecule has 0 amide bonds. The van der Waals surface area contributed by atoms with Gasteiger partial charge in [-0.2, -0.15) is 12.6 Å². The molecular weight excluding hydrogens is 192 g/mol. The summed E-state index contributed by atoms with van der Waals surface area (Å²) in [4.78, 5) is 21.2. The Morgan fingerprint density at radius 3 is 2.31 bits per heavy atom. The summed E-state index contributed by atoms with van der Waals surface area (Å²) in [6.07, 6.45) is -0.714. The maximum Gasteiger partial charge on any atom is 0.315 e. The van der Waals surface area contributed by atoms with Crippen LogP contribution in [0.15, 0.2) is 0 Å². The summed E-state index contributed by atoms with van der Waals surface area (Å²) >= 11 is 3.73. The van der Waals surface area contributed by atoms with E-state index in [4.69, 9.17) is 9.84 Å². The fourth-order valence-electron chi connectivity index (χ4n) is 0.792. The Kier molecular flexibility index (Phi) is 5.53. The zero-order valence-electron chi connectivity index (χ0n) is 7.69. The standard InChI is InChI=1S/C8H14O4S/c1-5(2)6(3-7(9)10)12-8(11)4-13/h5-6,13H,3-4H2,1-2H3,(H,9,10). The van der Waals surface area contributed by atoms with Crippen molar-refractivity contribution < 1.29 is 19.4 Å². The number of aliphatic carboxylic acids is 1. The van der Waals surface area contributed by atoms with Gasteiger partial charge in [-0.25, -0.2) is 0 Å². The van der Waals surface area contributed by atoms with Gasteiger partial charge in [-0.05, 0) is 5.92 Å². The molecule has 76 valence electrons. The molecule has 13 heavy (non-hydrogen) atoms. The normalized spacial score (nSPS) is 12.6. The minimum absolute atomic E-state index is 0.0000617. The van der Waals surface area contributed by atoms with E-state index in [1.54, 1.807) is 13.8 Å². The van der Waals surface area contributed by atoms with Crippen LogP contribution < -0.4 is 0 Å². The average molecular weight is 206 g/mol. The van der Waals surface area contributed by atoms with Gasteiger partial charge in [-0.3, -0.25) is 9.59 Å². The van der Waals surface area contributed by atoms with Gasteiger partial charge in [0.05, 0.1) is 12.2 Å². The van der Waals surface area contributed by atoms with Gasteiger partial charge in [-0.15, -0.1) is 0 Å². The number of hydrogen-bond acceptors (Lipinski definition) is 4. The molecule has 0 bridgehead atoms. The van der Waals surface area contributed by atoms with E-state index in [0.717, 1.165) is 0 Å². The summed E-state index contributed by atoms with van der Waals surface area (Å²) in [6, 6.07) is 0. The molecule has 0 heterocycles. The van der Waals surface area contributed by atoms with Crippen molar-refractivity contribution in [2.45, 2.75) is 26.4 Å². The molecule has 4 nitrogen and oxygen atoms in total. The van der Waals surface area contributed by atoms with Gasteiger partial charge in [0, 0.05) is 0 Å². The Hall–Kier alpha value is -0.710. The van der Waals surface area contributed by atoms with Gasteiger partial charge >= 0.3 is 11.9 Å². The van der Waals surface area contributed by atoms with E-state index in [2.05, 4.69) is 12.6 Å². The molecule has 0 spiro atoms. The molecule has 1 atom stereocenters. The molecule has 0 aromatic heterocycles. The van der Waals surface area contributed by atoms with Gasteiger partial charge in [0.1, 0.15) is 6.10 Å². The van der Waals surface area contributed by atoms with Crippen LogP contribution in [0.1, 0.15) is 20.3 Å². The van der Waals surface area contributed by atoms with Crippen LogP contribution in [0.25, 0.3) is 0 Å². The lowest BCUT2D eigenvalue weighted by Crippen LogP contribution is -2.27. The lowest BCUT2D eigenvalue weighted by atomic mass is 10.0. The number of carboxylic acid groups (broad SMARTS) is 1. The van der Waals surface area contributed by atoms with Gasteiger partial charge < -0.3 is 9.84 Å². The van der Waals surface area contributed by atoms with Gasteiger partial charge in [0.15, 0.2) is 0 Å². The second-order valence-electron chi connectivity index (χ2n) is 3.03. The summed E-state index contributed by atoms with van der Waals surface area (Å²) in [5.74, 6) is -1.48. The van der Waals surface area contributed by atoms with Crippen LogP contribution in [0.4, 0.5) is 0 Å². The molecule has 0 rings (SSSR count). The third-order valence-corrected chi connectivity index (χ3v) is 1.79. The molecule has 1 unspecified atom stereocenters. The largest absolute Gasteiger partial charge is 0.481 e. The molecule has 0 aromatic carbocycles. The monoisotopic (exact) mass is 206 g/mol. The number of hydrogen-bond donors (Lipinski definition) is 2. The van der Waals surface area contributed by atoms with Crippen LogP contribution in [0.2, 0.25) is 0 Å². The highest BCUT2D eigenvalue weighted by Crippen LogP contribution is 2.11. The van der Waals surface area contributed by atoms with Crippen molar-refractivity contribution in [3.05, 3.63) is 0 Å². The Bertz CT molecular complexity index is 191. The quantitative estimate of drug-likeness (QED) is 0.519. The van der Waals surface area contributed by atoms with Gasteiger partial charge in [-0.1, -0.05) is 13.8 Å². The zero-order chi connectivity index (χ0) is 10.4. The zero-order valence-corrected chi connectivity index (χ0v) is 8.58. The molecule has 5 heteroatoms. The summed E-state index contributed by atoms with van der Waals surface area (Å²) < 4.78 is 4.88. The van der Waals surface area contributed by atoms with Gasteiger partial charge in [0.25, 0.3) is 0 Å². The predicted octanol–water partition coefficient (Wildman–Crippen LogP) is 0.959. The van der Waals surface area contributed by atoms with Crippen LogP contribution in [-0.4, -0.2) is 28.9 Å². The van der Waals surface area contributed by atoms with E-state index in [-0.39, 0.29) is 18.1 Å². The molecule has 0 aromatic rings. The van der Waals surface area contributed by atoms with Crippen molar-refractivity contribution in [3.63, 3.8) is 0 Å². The number of carbonyl (C=O) groups is 2. The van der Waals surface area contributed by atoms with Crippen molar-refractivity contribution in [1.29, 1.82) is 0 Å². The Morgan fingerprint density at radius 2 is 2.00 bits per heavy atom. The fraction of sp³-hybridized carbons (Fsp3) is 0.750. The van der Waals surface area contributed by atoms with Crippen molar-refractivity contribution in [2.24, 2.45) is 5.92 Å². The molecule has 1 N–H and O–H groups in total. The third-order valence-electron chi connectivity index (χ3n) is 1.53. The average Bonchev–Trinajstić information content (AvgIpc) is 2.02. The van der Waals surface area contributed by atoms with E-state index in [1.165, 1.54) is 0 Å². The molecule has 0 saturated heterocycles. The summed E-state index contributed by atoms with van der Waals surface area (Å²) in [5, 5.41) is 8.51. The Morgan fingerprint density at radius 1 is 1.46 bits per heavy atom. The highest BCUT2D eigenvalue weighted by Gasteiger charge is 2.20. The number of carboxylic acids is 1. The van der Waals surface area contributed by atoms with Crippen molar-refractivity contribution >= 4 is 24.6 Å². The maximum absolute atomic E-state index is 10.8. The SMILES string of the molecule is CC(C)C(CC(=O)O)OC(=O)CS. The highest BCUT2D eigenvalue weighted by molar-refractivity contribution is 7.81. The van der Waals surface area contributed by atoms with Crippen LogP contribution >= 0.6 is 12.6 Å². The molecule has 0 aliphatic rings. The molecular formula is C8H14O4S. The van der Waals surface area contributed by atoms with E-state index in [9.17, 15) is 9.59 Å². The van der Waals surface area contributed by atoms with Crippen molar-refractivity contribution in [2.75, 3.05) is 5.75 Å². The minimum Gasteiger partial charge on any atom is -0.481 e. The maximum atomic E-state index is 10.8. The topological polar surface area (TPSA) is 63.6 Å². The smallest absolute Gasteiger partial charge is 0.315 e. The first-order valence-electron chi connectivity index (χ1n) is 3.99. The fourth-order valence-corrected chi connectivity index (χ4v) is 0.866. The van der Waals surface area contributed by atoms with E-state index < -0.39 is 18.0 Å². The van der Waals surface area contributed by atoms with Crippen molar-refractivity contribution in [1.82, 2.24) is 0 Å². The predicted molar refractivity (Wildman–Crippen MR) is 50.8 cm³/mol. The number of esters is 1. The van der Waals surface area contributed by atoms with Crippen LogP contribution in [0.3, 0.4) is 0 Å². The molecule has 0 aliphatic heterocycles. The summed E-state index contributed by atoms with van der Waals surface area (Å²) in [7, 11) is 0. The third kappa shape index (κ3) is 5.52.